The topological polar surface area (TPSA) is 23.6 Å². The van der Waals surface area contributed by atoms with Gasteiger partial charge in [0.25, 0.3) is 0 Å². The number of likely N-dealkylation sites (tertiary alicyclic amines) is 2. The van der Waals surface area contributed by atoms with Crippen molar-refractivity contribution in [1.82, 2.24) is 9.80 Å². The summed E-state index contributed by atoms with van der Waals surface area (Å²) in [6, 6.07) is 7.63. The Morgan fingerprint density at radius 1 is 1.18 bits per heavy atom. The Morgan fingerprint density at radius 3 is 2.64 bits per heavy atom. The number of amides is 1. The molecule has 0 aromatic heterocycles. The lowest BCUT2D eigenvalue weighted by Gasteiger charge is -2.33. The van der Waals surface area contributed by atoms with Crippen molar-refractivity contribution in [3.05, 3.63) is 35.6 Å². The van der Waals surface area contributed by atoms with E-state index in [0.29, 0.717) is 30.5 Å². The zero-order valence-electron chi connectivity index (χ0n) is 13.3. The van der Waals surface area contributed by atoms with Crippen LogP contribution in [0.25, 0.3) is 0 Å². The van der Waals surface area contributed by atoms with Crippen LogP contribution >= 0.6 is 0 Å². The first kappa shape index (κ1) is 15.5. The smallest absolute Gasteiger partial charge is 0.223 e. The number of hydrogen-bond acceptors (Lipinski definition) is 2. The maximum absolute atomic E-state index is 13.7. The predicted octanol–water partition coefficient (Wildman–Crippen LogP) is 2.84. The minimum absolute atomic E-state index is 0.186. The average Bonchev–Trinajstić information content (AvgIpc) is 3.14. The van der Waals surface area contributed by atoms with E-state index in [9.17, 15) is 9.18 Å². The molecule has 120 valence electrons. The summed E-state index contributed by atoms with van der Waals surface area (Å²) in [6.07, 6.45) is 5.54. The monoisotopic (exact) mass is 304 g/mol. The number of nitrogens with zero attached hydrogens (tertiary/aromatic N) is 2. The largest absolute Gasteiger partial charge is 0.338 e. The average molecular weight is 304 g/mol. The van der Waals surface area contributed by atoms with Crippen LogP contribution in [0.3, 0.4) is 0 Å². The van der Waals surface area contributed by atoms with Crippen molar-refractivity contribution in [2.45, 2.75) is 50.6 Å². The molecule has 0 bridgehead atoms. The van der Waals surface area contributed by atoms with Crippen LogP contribution in [-0.2, 0) is 11.2 Å². The molecule has 0 saturated carbocycles. The van der Waals surface area contributed by atoms with Crippen molar-refractivity contribution in [1.29, 1.82) is 0 Å². The maximum Gasteiger partial charge on any atom is 0.223 e. The van der Waals surface area contributed by atoms with Crippen molar-refractivity contribution >= 4 is 5.91 Å². The lowest BCUT2D eigenvalue weighted by molar-refractivity contribution is -0.132. The van der Waals surface area contributed by atoms with E-state index in [1.165, 1.54) is 18.9 Å². The van der Waals surface area contributed by atoms with Gasteiger partial charge in [-0.2, -0.15) is 0 Å². The zero-order valence-corrected chi connectivity index (χ0v) is 13.3. The van der Waals surface area contributed by atoms with Crippen molar-refractivity contribution in [3.63, 3.8) is 0 Å². The molecule has 0 radical (unpaired) electrons. The fraction of sp³-hybridized carbons (Fsp3) is 0.611. The number of hydrogen-bond donors (Lipinski definition) is 0. The highest BCUT2D eigenvalue weighted by molar-refractivity contribution is 5.77. The normalized spacial score (nSPS) is 25.8. The number of halogens is 1. The summed E-state index contributed by atoms with van der Waals surface area (Å²) < 4.78 is 13.7. The molecule has 3 nitrogen and oxygen atoms in total. The van der Waals surface area contributed by atoms with Gasteiger partial charge in [-0.3, -0.25) is 4.79 Å². The number of carbonyl (C=O) groups is 1. The number of aryl methyl sites for hydroxylation is 1. The Hall–Kier alpha value is -1.42. The second kappa shape index (κ2) is 6.78. The molecule has 2 heterocycles. The van der Waals surface area contributed by atoms with Gasteiger partial charge in [0.1, 0.15) is 5.82 Å². The molecule has 2 aliphatic heterocycles. The van der Waals surface area contributed by atoms with Gasteiger partial charge >= 0.3 is 0 Å². The second-order valence-corrected chi connectivity index (χ2v) is 6.58. The molecular weight excluding hydrogens is 279 g/mol. The molecule has 0 N–H and O–H groups in total. The first-order valence-corrected chi connectivity index (χ1v) is 8.40. The van der Waals surface area contributed by atoms with E-state index in [1.54, 1.807) is 12.1 Å². The van der Waals surface area contributed by atoms with Gasteiger partial charge in [-0.25, -0.2) is 4.39 Å². The Labute approximate surface area is 132 Å². The molecule has 1 amide bonds. The fourth-order valence-electron chi connectivity index (χ4n) is 4.01. The summed E-state index contributed by atoms with van der Waals surface area (Å²) in [4.78, 5) is 17.0. The molecule has 0 aliphatic carbocycles. The van der Waals surface area contributed by atoms with Crippen LogP contribution in [0, 0.1) is 5.82 Å². The first-order chi connectivity index (χ1) is 10.7. The molecular formula is C18H25FN2O. The highest BCUT2D eigenvalue weighted by atomic mass is 19.1. The Bertz CT molecular complexity index is 534. The number of carbonyl (C=O) groups excluding carboxylic acids is 1. The van der Waals surface area contributed by atoms with Gasteiger partial charge < -0.3 is 9.80 Å². The number of benzene rings is 1. The molecule has 0 spiro atoms. The molecule has 22 heavy (non-hydrogen) atoms. The van der Waals surface area contributed by atoms with E-state index >= 15 is 0 Å². The molecule has 1 aromatic carbocycles. The Kier molecular flexibility index (Phi) is 4.77. The van der Waals surface area contributed by atoms with Crippen LogP contribution in [-0.4, -0.2) is 47.9 Å². The summed E-state index contributed by atoms with van der Waals surface area (Å²) in [5.74, 6) is -0.0187. The summed E-state index contributed by atoms with van der Waals surface area (Å²) >= 11 is 0. The summed E-state index contributed by atoms with van der Waals surface area (Å²) in [7, 11) is 2.16. The van der Waals surface area contributed by atoms with Crippen LogP contribution in [0.4, 0.5) is 4.39 Å². The standard InChI is InChI=1S/C18H25FN2O/c1-20-12-4-8-16(20)17-9-5-13-21(17)18(22)11-10-14-6-2-3-7-15(14)19/h2-3,6-7,16-17H,4-5,8-13H2,1H3. The predicted molar refractivity (Wildman–Crippen MR) is 85.1 cm³/mol. The van der Waals surface area contributed by atoms with Gasteiger partial charge in [0.15, 0.2) is 0 Å². The third-order valence-electron chi connectivity index (χ3n) is 5.21. The van der Waals surface area contributed by atoms with Crippen molar-refractivity contribution in [3.8, 4) is 0 Å². The van der Waals surface area contributed by atoms with Crippen LogP contribution in [0.5, 0.6) is 0 Å². The lowest BCUT2D eigenvalue weighted by atomic mass is 10.0. The van der Waals surface area contributed by atoms with Gasteiger partial charge in [0.05, 0.1) is 0 Å². The number of rotatable bonds is 4. The summed E-state index contributed by atoms with van der Waals surface area (Å²) in [6.45, 7) is 2.00. The highest BCUT2D eigenvalue weighted by Crippen LogP contribution is 2.29. The van der Waals surface area contributed by atoms with Crippen LogP contribution in [0.2, 0.25) is 0 Å². The molecule has 2 unspecified atom stereocenters. The third kappa shape index (κ3) is 3.17. The van der Waals surface area contributed by atoms with Crippen LogP contribution < -0.4 is 0 Å². The lowest BCUT2D eigenvalue weighted by Crippen LogP contribution is -2.47. The Balaban J connectivity index is 1.60. The number of likely N-dealkylation sites (N-methyl/N-ethyl adjacent to an activating group) is 1. The van der Waals surface area contributed by atoms with Crippen molar-refractivity contribution in [2.75, 3.05) is 20.1 Å². The summed E-state index contributed by atoms with van der Waals surface area (Å²) in [5, 5.41) is 0. The van der Waals surface area contributed by atoms with E-state index in [-0.39, 0.29) is 11.7 Å². The van der Waals surface area contributed by atoms with Gasteiger partial charge in [0.2, 0.25) is 5.91 Å². The maximum atomic E-state index is 13.7. The van der Waals surface area contributed by atoms with Gasteiger partial charge in [-0.15, -0.1) is 0 Å². The van der Waals surface area contributed by atoms with E-state index in [1.807, 2.05) is 6.07 Å². The summed E-state index contributed by atoms with van der Waals surface area (Å²) in [5.41, 5.74) is 0.643. The molecule has 2 saturated heterocycles. The van der Waals surface area contributed by atoms with Crippen LogP contribution in [0.15, 0.2) is 24.3 Å². The van der Waals surface area contributed by atoms with Crippen LogP contribution in [0.1, 0.15) is 37.7 Å². The molecule has 2 atom stereocenters. The Morgan fingerprint density at radius 2 is 1.91 bits per heavy atom. The quantitative estimate of drug-likeness (QED) is 0.854. The van der Waals surface area contributed by atoms with E-state index in [2.05, 4.69) is 16.8 Å². The minimum atomic E-state index is -0.205. The van der Waals surface area contributed by atoms with Crippen molar-refractivity contribution in [2.24, 2.45) is 0 Å². The zero-order chi connectivity index (χ0) is 15.5. The molecule has 2 aliphatic rings. The van der Waals surface area contributed by atoms with E-state index in [4.69, 9.17) is 0 Å². The first-order valence-electron chi connectivity index (χ1n) is 8.40. The van der Waals surface area contributed by atoms with Gasteiger partial charge in [-0.05, 0) is 57.3 Å². The minimum Gasteiger partial charge on any atom is -0.338 e. The molecule has 4 heteroatoms. The third-order valence-corrected chi connectivity index (χ3v) is 5.21. The van der Waals surface area contributed by atoms with Crippen molar-refractivity contribution < 1.29 is 9.18 Å². The molecule has 2 fully saturated rings. The fourth-order valence-corrected chi connectivity index (χ4v) is 4.01. The highest BCUT2D eigenvalue weighted by Gasteiger charge is 2.37. The molecule has 1 aromatic rings. The SMILES string of the molecule is CN1CCCC1C1CCCN1C(=O)CCc1ccccc1F. The van der Waals surface area contributed by atoms with E-state index < -0.39 is 0 Å². The van der Waals surface area contributed by atoms with Gasteiger partial charge in [0, 0.05) is 25.0 Å². The molecule has 3 rings (SSSR count). The van der Waals surface area contributed by atoms with E-state index in [0.717, 1.165) is 25.9 Å². The second-order valence-electron chi connectivity index (χ2n) is 6.58. The van der Waals surface area contributed by atoms with Gasteiger partial charge in [-0.1, -0.05) is 18.2 Å².